The smallest absolute Gasteiger partial charge is 0.0233 e. The van der Waals surface area contributed by atoms with E-state index in [-0.39, 0.29) is 0 Å². The first-order valence-corrected chi connectivity index (χ1v) is 8.85. The lowest BCUT2D eigenvalue weighted by atomic mass is 10.0. The van der Waals surface area contributed by atoms with Crippen LogP contribution < -0.4 is 0 Å². The molecule has 1 aliphatic carbocycles. The van der Waals surface area contributed by atoms with Crippen LogP contribution in [0.15, 0.2) is 30.3 Å². The van der Waals surface area contributed by atoms with Crippen LogP contribution in [0.3, 0.4) is 0 Å². The third-order valence-electron chi connectivity index (χ3n) is 5.02. The number of hydrogen-bond donors (Lipinski definition) is 0. The van der Waals surface area contributed by atoms with Crippen LogP contribution in [-0.4, -0.2) is 42.0 Å². The minimum absolute atomic E-state index is 0.845. The molecule has 2 aliphatic rings. The van der Waals surface area contributed by atoms with E-state index in [1.165, 1.54) is 63.8 Å². The molecular formula is C19H30N2. The Kier molecular flexibility index (Phi) is 5.32. The van der Waals surface area contributed by atoms with Crippen molar-refractivity contribution in [3.63, 3.8) is 0 Å². The van der Waals surface area contributed by atoms with Crippen molar-refractivity contribution in [2.24, 2.45) is 5.92 Å². The van der Waals surface area contributed by atoms with Crippen molar-refractivity contribution in [2.45, 2.75) is 51.6 Å². The molecule has 116 valence electrons. The Morgan fingerprint density at radius 3 is 2.38 bits per heavy atom. The second-order valence-corrected chi connectivity index (χ2v) is 6.93. The maximum atomic E-state index is 2.80. The van der Waals surface area contributed by atoms with E-state index in [1.807, 2.05) is 0 Å². The van der Waals surface area contributed by atoms with Crippen LogP contribution in [0, 0.1) is 5.92 Å². The largest absolute Gasteiger partial charge is 0.300 e. The minimum atomic E-state index is 0.845. The number of likely N-dealkylation sites (tertiary alicyclic amines) is 1. The maximum absolute atomic E-state index is 2.80. The highest BCUT2D eigenvalue weighted by atomic mass is 15.2. The van der Waals surface area contributed by atoms with E-state index in [1.54, 1.807) is 0 Å². The predicted octanol–water partition coefficient (Wildman–Crippen LogP) is 3.77. The molecule has 1 aliphatic heterocycles. The molecule has 0 bridgehead atoms. The lowest BCUT2D eigenvalue weighted by Crippen LogP contribution is -2.45. The van der Waals surface area contributed by atoms with Crippen LogP contribution in [0.1, 0.15) is 44.6 Å². The van der Waals surface area contributed by atoms with Gasteiger partial charge in [0.15, 0.2) is 0 Å². The summed E-state index contributed by atoms with van der Waals surface area (Å²) in [5, 5.41) is 0. The predicted molar refractivity (Wildman–Crippen MR) is 89.3 cm³/mol. The molecule has 0 unspecified atom stereocenters. The van der Waals surface area contributed by atoms with E-state index in [0.717, 1.165) is 18.5 Å². The van der Waals surface area contributed by atoms with Crippen molar-refractivity contribution >= 4 is 0 Å². The van der Waals surface area contributed by atoms with Gasteiger partial charge in [-0.2, -0.15) is 0 Å². The van der Waals surface area contributed by atoms with E-state index in [0.29, 0.717) is 0 Å². The highest BCUT2D eigenvalue weighted by Gasteiger charge is 2.29. The zero-order valence-corrected chi connectivity index (χ0v) is 13.5. The van der Waals surface area contributed by atoms with Crippen LogP contribution in [0.2, 0.25) is 0 Å². The molecule has 0 amide bonds. The van der Waals surface area contributed by atoms with Gasteiger partial charge >= 0.3 is 0 Å². The van der Waals surface area contributed by atoms with Crippen LogP contribution in [0.25, 0.3) is 0 Å². The highest BCUT2D eigenvalue weighted by Crippen LogP contribution is 2.31. The molecule has 21 heavy (non-hydrogen) atoms. The fraction of sp³-hybridized carbons (Fsp3) is 0.684. The molecule has 3 rings (SSSR count). The first-order chi connectivity index (χ1) is 10.3. The number of rotatable bonds is 7. The van der Waals surface area contributed by atoms with Crippen LogP contribution in [0.4, 0.5) is 0 Å². The van der Waals surface area contributed by atoms with Crippen molar-refractivity contribution < 1.29 is 0 Å². The monoisotopic (exact) mass is 286 g/mol. The average molecular weight is 286 g/mol. The Hall–Kier alpha value is -0.860. The van der Waals surface area contributed by atoms with Gasteiger partial charge in [-0.25, -0.2) is 0 Å². The van der Waals surface area contributed by atoms with Gasteiger partial charge in [0.05, 0.1) is 0 Å². The number of nitrogens with zero attached hydrogens (tertiary/aromatic N) is 2. The van der Waals surface area contributed by atoms with Gasteiger partial charge in [0.1, 0.15) is 0 Å². The molecule has 0 spiro atoms. The van der Waals surface area contributed by atoms with Gasteiger partial charge in [0.2, 0.25) is 0 Å². The molecule has 1 aromatic rings. The molecule has 0 radical (unpaired) electrons. The fourth-order valence-corrected chi connectivity index (χ4v) is 3.63. The average Bonchev–Trinajstić information content (AvgIpc) is 3.33. The second-order valence-electron chi connectivity index (χ2n) is 6.93. The van der Waals surface area contributed by atoms with Crippen LogP contribution in [-0.2, 0) is 6.54 Å². The first kappa shape index (κ1) is 15.1. The summed E-state index contributed by atoms with van der Waals surface area (Å²) < 4.78 is 0. The van der Waals surface area contributed by atoms with E-state index < -0.39 is 0 Å². The van der Waals surface area contributed by atoms with Gasteiger partial charge in [-0.3, -0.25) is 4.90 Å². The molecule has 2 nitrogen and oxygen atoms in total. The summed E-state index contributed by atoms with van der Waals surface area (Å²) >= 11 is 0. The van der Waals surface area contributed by atoms with Gasteiger partial charge in [-0.15, -0.1) is 0 Å². The van der Waals surface area contributed by atoms with Gasteiger partial charge in [0.25, 0.3) is 0 Å². The zero-order chi connectivity index (χ0) is 14.5. The summed E-state index contributed by atoms with van der Waals surface area (Å²) in [4.78, 5) is 5.44. The molecule has 1 aromatic carbocycles. The maximum Gasteiger partial charge on any atom is 0.0233 e. The van der Waals surface area contributed by atoms with Crippen molar-refractivity contribution in [1.82, 2.24) is 9.80 Å². The van der Waals surface area contributed by atoms with E-state index in [4.69, 9.17) is 0 Å². The molecule has 0 atom stereocenters. The third-order valence-corrected chi connectivity index (χ3v) is 5.02. The van der Waals surface area contributed by atoms with E-state index in [2.05, 4.69) is 47.1 Å². The Balaban J connectivity index is 1.46. The van der Waals surface area contributed by atoms with Crippen molar-refractivity contribution in [1.29, 1.82) is 0 Å². The topological polar surface area (TPSA) is 6.48 Å². The van der Waals surface area contributed by atoms with Gasteiger partial charge < -0.3 is 4.90 Å². The summed E-state index contributed by atoms with van der Waals surface area (Å²) in [6, 6.07) is 11.8. The van der Waals surface area contributed by atoms with Crippen LogP contribution >= 0.6 is 0 Å². The van der Waals surface area contributed by atoms with Crippen LogP contribution in [0.5, 0.6) is 0 Å². The molecule has 0 N–H and O–H groups in total. The number of benzene rings is 1. The lowest BCUT2D eigenvalue weighted by molar-refractivity contribution is 0.101. The first-order valence-electron chi connectivity index (χ1n) is 8.85. The Bertz CT molecular complexity index is 405. The van der Waals surface area contributed by atoms with E-state index >= 15 is 0 Å². The highest BCUT2D eigenvalue weighted by molar-refractivity contribution is 5.14. The van der Waals surface area contributed by atoms with Gasteiger partial charge in [0, 0.05) is 19.1 Å². The van der Waals surface area contributed by atoms with Gasteiger partial charge in [-0.1, -0.05) is 37.3 Å². The molecule has 1 saturated heterocycles. The summed E-state index contributed by atoms with van der Waals surface area (Å²) in [5.41, 5.74) is 1.46. The van der Waals surface area contributed by atoms with E-state index in [9.17, 15) is 0 Å². The summed E-state index contributed by atoms with van der Waals surface area (Å²) in [7, 11) is 0. The SMILES string of the molecule is CCCN(CC1CC1)C1CCN(Cc2ccccc2)CC1. The Labute approximate surface area is 130 Å². The quantitative estimate of drug-likeness (QED) is 0.753. The normalized spacial score (nSPS) is 21.0. The molecule has 2 fully saturated rings. The molecule has 1 heterocycles. The summed E-state index contributed by atoms with van der Waals surface area (Å²) in [6.45, 7) is 8.67. The van der Waals surface area contributed by atoms with Crippen molar-refractivity contribution in [3.8, 4) is 0 Å². The summed E-state index contributed by atoms with van der Waals surface area (Å²) in [5.74, 6) is 1.03. The standard InChI is InChI=1S/C19H30N2/c1-2-12-21(16-18-8-9-18)19-10-13-20(14-11-19)15-17-6-4-3-5-7-17/h3-7,18-19H,2,8-16H2,1H3. The molecule has 0 aromatic heterocycles. The second kappa shape index (κ2) is 7.42. The summed E-state index contributed by atoms with van der Waals surface area (Å²) in [6.07, 6.45) is 6.98. The molecule has 1 saturated carbocycles. The number of hydrogen-bond acceptors (Lipinski definition) is 2. The number of piperidine rings is 1. The van der Waals surface area contributed by atoms with Crippen molar-refractivity contribution in [3.05, 3.63) is 35.9 Å². The Morgan fingerprint density at radius 1 is 1.05 bits per heavy atom. The van der Waals surface area contributed by atoms with Gasteiger partial charge in [-0.05, 0) is 63.2 Å². The minimum Gasteiger partial charge on any atom is -0.300 e. The fourth-order valence-electron chi connectivity index (χ4n) is 3.63. The zero-order valence-electron chi connectivity index (χ0n) is 13.5. The third kappa shape index (κ3) is 4.55. The molecular weight excluding hydrogens is 256 g/mol. The lowest BCUT2D eigenvalue weighted by Gasteiger charge is -2.38. The molecule has 2 heteroatoms. The van der Waals surface area contributed by atoms with Crippen molar-refractivity contribution in [2.75, 3.05) is 26.2 Å². The Morgan fingerprint density at radius 2 is 1.76 bits per heavy atom.